The van der Waals surface area contributed by atoms with E-state index in [0.717, 1.165) is 18.6 Å². The van der Waals surface area contributed by atoms with Crippen molar-refractivity contribution in [2.75, 3.05) is 13.1 Å². The van der Waals surface area contributed by atoms with Crippen molar-refractivity contribution in [2.24, 2.45) is 0 Å². The zero-order chi connectivity index (χ0) is 11.7. The molecule has 1 aliphatic heterocycles. The van der Waals surface area contributed by atoms with Gasteiger partial charge in [0.05, 0.1) is 3.79 Å². The van der Waals surface area contributed by atoms with Gasteiger partial charge in [-0.2, -0.15) is 0 Å². The molecule has 3 rings (SSSR count). The van der Waals surface area contributed by atoms with Crippen LogP contribution in [0.25, 0.3) is 0 Å². The van der Waals surface area contributed by atoms with Gasteiger partial charge in [-0.05, 0) is 65.2 Å². The second-order valence-corrected chi connectivity index (χ2v) is 7.50. The van der Waals surface area contributed by atoms with Crippen molar-refractivity contribution >= 4 is 27.3 Å². The number of hydrogen-bond acceptors (Lipinski definition) is 3. The molecule has 2 nitrogen and oxygen atoms in total. The van der Waals surface area contributed by atoms with Crippen LogP contribution in [-0.4, -0.2) is 30.1 Å². The molecule has 1 aliphatic carbocycles. The Hall–Kier alpha value is 0.1000. The van der Waals surface area contributed by atoms with Crippen LogP contribution < -0.4 is 5.32 Å². The number of hydrogen-bond donors (Lipinski definition) is 1. The van der Waals surface area contributed by atoms with E-state index in [-0.39, 0.29) is 0 Å². The predicted molar refractivity (Wildman–Crippen MR) is 76.5 cm³/mol. The van der Waals surface area contributed by atoms with Gasteiger partial charge in [-0.1, -0.05) is 0 Å². The molecule has 1 unspecified atom stereocenters. The van der Waals surface area contributed by atoms with Crippen LogP contribution in [0, 0.1) is 0 Å². The average Bonchev–Trinajstić information content (AvgIpc) is 2.89. The van der Waals surface area contributed by atoms with Gasteiger partial charge in [-0.15, -0.1) is 11.3 Å². The van der Waals surface area contributed by atoms with Crippen LogP contribution in [0.5, 0.6) is 0 Å². The van der Waals surface area contributed by atoms with E-state index in [1.165, 1.54) is 48.1 Å². The van der Waals surface area contributed by atoms with Crippen molar-refractivity contribution in [2.45, 2.75) is 44.3 Å². The molecule has 0 radical (unpaired) electrons. The minimum atomic E-state index is 0.734. The molecule has 1 atom stereocenters. The van der Waals surface area contributed by atoms with Crippen LogP contribution in [0.2, 0.25) is 0 Å². The maximum Gasteiger partial charge on any atom is 0.0701 e. The fourth-order valence-electron chi connectivity index (χ4n) is 2.64. The molecule has 0 bridgehead atoms. The van der Waals surface area contributed by atoms with Crippen molar-refractivity contribution in [3.05, 3.63) is 20.8 Å². The summed E-state index contributed by atoms with van der Waals surface area (Å²) in [5.41, 5.74) is 1.46. The molecule has 1 aromatic heterocycles. The third kappa shape index (κ3) is 3.31. The summed E-state index contributed by atoms with van der Waals surface area (Å²) in [6.07, 6.45) is 5.51. The molecule has 1 N–H and O–H groups in total. The van der Waals surface area contributed by atoms with E-state index in [9.17, 15) is 0 Å². The van der Waals surface area contributed by atoms with Gasteiger partial charge < -0.3 is 5.32 Å². The molecule has 1 saturated heterocycles. The van der Waals surface area contributed by atoms with Gasteiger partial charge in [0, 0.05) is 25.2 Å². The van der Waals surface area contributed by atoms with E-state index in [1.807, 2.05) is 0 Å². The van der Waals surface area contributed by atoms with Crippen molar-refractivity contribution < 1.29 is 0 Å². The number of rotatable bonds is 5. The monoisotopic (exact) mass is 314 g/mol. The zero-order valence-corrected chi connectivity index (χ0v) is 12.4. The fraction of sp³-hybridized carbons (Fsp3) is 0.692. The molecular weight excluding hydrogens is 296 g/mol. The fourth-order valence-corrected chi connectivity index (χ4v) is 3.84. The Kier molecular flexibility index (Phi) is 3.85. The smallest absolute Gasteiger partial charge is 0.0701 e. The molecule has 94 valence electrons. The second-order valence-electron chi connectivity index (χ2n) is 5.21. The summed E-state index contributed by atoms with van der Waals surface area (Å²) in [6.45, 7) is 3.58. The van der Waals surface area contributed by atoms with E-state index in [4.69, 9.17) is 0 Å². The average molecular weight is 315 g/mol. The summed E-state index contributed by atoms with van der Waals surface area (Å²) < 4.78 is 1.25. The first-order chi connectivity index (χ1) is 8.31. The first-order valence-electron chi connectivity index (χ1n) is 6.51. The van der Waals surface area contributed by atoms with Crippen LogP contribution in [0.15, 0.2) is 15.2 Å². The standard InChI is InChI=1S/C13H19BrN2S/c14-13-6-10(9-17-13)7-16(12-3-4-12)8-11-2-1-5-15-11/h6,9,11-12,15H,1-5,7-8H2. The van der Waals surface area contributed by atoms with Crippen LogP contribution in [0.1, 0.15) is 31.2 Å². The molecule has 2 heterocycles. The number of nitrogens with one attached hydrogen (secondary N) is 1. The van der Waals surface area contributed by atoms with Gasteiger partial charge in [0.15, 0.2) is 0 Å². The number of halogens is 1. The summed E-state index contributed by atoms with van der Waals surface area (Å²) in [5, 5.41) is 5.89. The molecule has 2 aliphatic rings. The lowest BCUT2D eigenvalue weighted by Gasteiger charge is -2.25. The molecule has 1 saturated carbocycles. The van der Waals surface area contributed by atoms with Crippen LogP contribution in [0.4, 0.5) is 0 Å². The highest BCUT2D eigenvalue weighted by Crippen LogP contribution is 2.30. The largest absolute Gasteiger partial charge is 0.313 e. The highest BCUT2D eigenvalue weighted by molar-refractivity contribution is 9.11. The lowest BCUT2D eigenvalue weighted by atomic mass is 10.2. The van der Waals surface area contributed by atoms with E-state index in [1.54, 1.807) is 11.3 Å². The van der Waals surface area contributed by atoms with E-state index in [2.05, 4.69) is 37.6 Å². The van der Waals surface area contributed by atoms with Gasteiger partial charge in [0.2, 0.25) is 0 Å². The first-order valence-corrected chi connectivity index (χ1v) is 8.19. The highest BCUT2D eigenvalue weighted by Gasteiger charge is 2.31. The molecule has 0 spiro atoms. The summed E-state index contributed by atoms with van der Waals surface area (Å²) >= 11 is 5.35. The lowest BCUT2D eigenvalue weighted by Crippen LogP contribution is -2.38. The van der Waals surface area contributed by atoms with Crippen molar-refractivity contribution in [1.29, 1.82) is 0 Å². The Morgan fingerprint density at radius 3 is 2.88 bits per heavy atom. The molecule has 1 aromatic rings. The summed E-state index contributed by atoms with van der Waals surface area (Å²) in [4.78, 5) is 2.68. The third-order valence-electron chi connectivity index (χ3n) is 3.69. The Balaban J connectivity index is 1.59. The summed E-state index contributed by atoms with van der Waals surface area (Å²) in [7, 11) is 0. The molecule has 0 aromatic carbocycles. The van der Waals surface area contributed by atoms with Crippen molar-refractivity contribution in [3.8, 4) is 0 Å². The zero-order valence-electron chi connectivity index (χ0n) is 9.99. The Morgan fingerprint density at radius 1 is 1.41 bits per heavy atom. The normalized spacial score (nSPS) is 24.7. The maximum absolute atomic E-state index is 3.61. The Bertz CT molecular complexity index is 369. The second kappa shape index (κ2) is 5.39. The minimum Gasteiger partial charge on any atom is -0.313 e. The van der Waals surface area contributed by atoms with Crippen LogP contribution in [-0.2, 0) is 6.54 Å². The number of thiophene rings is 1. The maximum atomic E-state index is 3.61. The number of nitrogens with zero attached hydrogens (tertiary/aromatic N) is 1. The van der Waals surface area contributed by atoms with Crippen LogP contribution >= 0.6 is 27.3 Å². The van der Waals surface area contributed by atoms with Gasteiger partial charge in [-0.3, -0.25) is 4.90 Å². The predicted octanol–water partition coefficient (Wildman–Crippen LogP) is 3.23. The van der Waals surface area contributed by atoms with Gasteiger partial charge in [0.25, 0.3) is 0 Å². The van der Waals surface area contributed by atoms with Gasteiger partial charge in [0.1, 0.15) is 0 Å². The summed E-state index contributed by atoms with van der Waals surface area (Å²) in [6, 6.07) is 3.86. The van der Waals surface area contributed by atoms with Crippen molar-refractivity contribution in [1.82, 2.24) is 10.2 Å². The minimum absolute atomic E-state index is 0.734. The van der Waals surface area contributed by atoms with Gasteiger partial charge in [-0.25, -0.2) is 0 Å². The Labute approximate surface area is 116 Å². The molecular formula is C13H19BrN2S. The molecule has 0 amide bonds. The lowest BCUT2D eigenvalue weighted by molar-refractivity contribution is 0.231. The quantitative estimate of drug-likeness (QED) is 0.897. The summed E-state index contributed by atoms with van der Waals surface area (Å²) in [5.74, 6) is 0. The van der Waals surface area contributed by atoms with Crippen molar-refractivity contribution in [3.63, 3.8) is 0 Å². The first kappa shape index (κ1) is 12.2. The SMILES string of the molecule is Brc1cc(CN(CC2CCCN2)C2CC2)cs1. The molecule has 17 heavy (non-hydrogen) atoms. The third-order valence-corrected chi connectivity index (χ3v) is 5.24. The highest BCUT2D eigenvalue weighted by atomic mass is 79.9. The molecule has 4 heteroatoms. The van der Waals surface area contributed by atoms with Crippen LogP contribution in [0.3, 0.4) is 0 Å². The van der Waals surface area contributed by atoms with E-state index >= 15 is 0 Å². The Morgan fingerprint density at radius 2 is 2.29 bits per heavy atom. The molecule has 2 fully saturated rings. The van der Waals surface area contributed by atoms with E-state index in [0.29, 0.717) is 0 Å². The van der Waals surface area contributed by atoms with E-state index < -0.39 is 0 Å². The topological polar surface area (TPSA) is 15.3 Å². The van der Waals surface area contributed by atoms with Gasteiger partial charge >= 0.3 is 0 Å².